The third kappa shape index (κ3) is 3.26. The van der Waals surface area contributed by atoms with E-state index in [1.54, 1.807) is 19.9 Å². The van der Waals surface area contributed by atoms with Crippen molar-refractivity contribution in [2.75, 3.05) is 19.5 Å². The Morgan fingerprint density at radius 1 is 1.14 bits per heavy atom. The third-order valence-electron chi connectivity index (χ3n) is 6.69. The van der Waals surface area contributed by atoms with Gasteiger partial charge in [-0.3, -0.25) is 9.59 Å². The van der Waals surface area contributed by atoms with Crippen LogP contribution >= 0.6 is 11.6 Å². The Kier molecular flexibility index (Phi) is 5.48. The van der Waals surface area contributed by atoms with Gasteiger partial charge in [-0.15, -0.1) is 0 Å². The zero-order valence-electron chi connectivity index (χ0n) is 19.9. The molecule has 3 aromatic rings. The SMILES string of the molecule is COc1cc(OC)c2c(c1Cl)O[C@@]1(C(=O)C=C(Nc3c(O)ccc4c(C)cc(=O)oc34)C[C@H]1C)C2=O. The number of phenolic OH excluding ortho intramolecular Hbond substituents is 1. The van der Waals surface area contributed by atoms with E-state index < -0.39 is 28.7 Å². The molecule has 0 bridgehead atoms. The molecule has 2 aliphatic rings. The molecule has 1 aliphatic carbocycles. The summed E-state index contributed by atoms with van der Waals surface area (Å²) >= 11 is 6.42. The van der Waals surface area contributed by atoms with Gasteiger partial charge in [0.05, 0.1) is 14.2 Å². The average Bonchev–Trinajstić information content (AvgIpc) is 3.15. The number of allylic oxidation sites excluding steroid dienone is 1. The number of benzene rings is 2. The number of aromatic hydroxyl groups is 1. The first-order chi connectivity index (χ1) is 17.1. The fourth-order valence-corrected chi connectivity index (χ4v) is 5.14. The van der Waals surface area contributed by atoms with Crippen LogP contribution in [0.25, 0.3) is 11.0 Å². The lowest BCUT2D eigenvalue weighted by Crippen LogP contribution is -2.55. The second-order valence-corrected chi connectivity index (χ2v) is 9.19. The molecular formula is C26H22ClNO8. The van der Waals surface area contributed by atoms with Crippen LogP contribution in [0.5, 0.6) is 23.0 Å². The van der Waals surface area contributed by atoms with Crippen molar-refractivity contribution in [2.24, 2.45) is 5.92 Å². The van der Waals surface area contributed by atoms with E-state index in [0.29, 0.717) is 16.6 Å². The van der Waals surface area contributed by atoms with E-state index in [2.05, 4.69) is 5.32 Å². The number of halogens is 1. The van der Waals surface area contributed by atoms with Crippen molar-refractivity contribution in [1.82, 2.24) is 0 Å². The van der Waals surface area contributed by atoms with E-state index in [-0.39, 0.29) is 51.3 Å². The van der Waals surface area contributed by atoms with E-state index in [0.717, 1.165) is 0 Å². The number of fused-ring (bicyclic) bond motifs is 2. The molecule has 2 heterocycles. The molecule has 1 spiro atoms. The normalized spacial score (nSPS) is 20.8. The number of anilines is 1. The van der Waals surface area contributed by atoms with Crippen LogP contribution in [0.2, 0.25) is 5.02 Å². The highest BCUT2D eigenvalue weighted by Crippen LogP contribution is 2.53. The maximum atomic E-state index is 13.6. The molecular weight excluding hydrogens is 490 g/mol. The number of carbonyl (C=O) groups is 2. The maximum absolute atomic E-state index is 13.6. The lowest BCUT2D eigenvalue weighted by atomic mass is 9.74. The molecule has 1 aliphatic heterocycles. The highest BCUT2D eigenvalue weighted by molar-refractivity contribution is 6.36. The van der Waals surface area contributed by atoms with E-state index in [1.165, 1.54) is 38.5 Å². The fourth-order valence-electron chi connectivity index (χ4n) is 4.87. The van der Waals surface area contributed by atoms with Crippen molar-refractivity contribution >= 4 is 39.8 Å². The van der Waals surface area contributed by atoms with E-state index >= 15 is 0 Å². The number of ketones is 2. The summed E-state index contributed by atoms with van der Waals surface area (Å²) in [6, 6.07) is 5.93. The zero-order chi connectivity index (χ0) is 25.9. The van der Waals surface area contributed by atoms with Gasteiger partial charge >= 0.3 is 5.63 Å². The molecule has 0 saturated carbocycles. The molecule has 0 saturated heterocycles. The molecule has 0 amide bonds. The summed E-state index contributed by atoms with van der Waals surface area (Å²) in [7, 11) is 2.81. The summed E-state index contributed by atoms with van der Waals surface area (Å²) in [5.41, 5.74) is -0.934. The first-order valence-corrected chi connectivity index (χ1v) is 11.5. The standard InChI is InChI=1S/C26H22ClNO8/c1-11-7-19(31)35-23-14(11)5-6-15(29)22(23)28-13-8-12(2)26(18(30)9-13)25(32)20-16(33-3)10-17(34-4)21(27)24(20)36-26/h5-7,9-10,12,28-29H,8H2,1-4H3/t12-,26+/m1/s1. The van der Waals surface area contributed by atoms with Crippen LogP contribution in [0.1, 0.15) is 29.3 Å². The van der Waals surface area contributed by atoms with Gasteiger partial charge in [0.1, 0.15) is 33.5 Å². The summed E-state index contributed by atoms with van der Waals surface area (Å²) in [6.45, 7) is 3.46. The number of aryl methyl sites for hydroxylation is 1. The number of carbonyl (C=O) groups excluding carboxylic acids is 2. The third-order valence-corrected chi connectivity index (χ3v) is 7.05. The monoisotopic (exact) mass is 511 g/mol. The number of rotatable bonds is 4. The molecule has 0 radical (unpaired) electrons. The highest BCUT2D eigenvalue weighted by atomic mass is 35.5. The van der Waals surface area contributed by atoms with Crippen LogP contribution in [0, 0.1) is 12.8 Å². The van der Waals surface area contributed by atoms with Crippen molar-refractivity contribution in [1.29, 1.82) is 0 Å². The van der Waals surface area contributed by atoms with Gasteiger partial charge in [0.2, 0.25) is 17.2 Å². The smallest absolute Gasteiger partial charge is 0.336 e. The van der Waals surface area contributed by atoms with Gasteiger partial charge in [0.15, 0.2) is 11.3 Å². The van der Waals surface area contributed by atoms with Crippen molar-refractivity contribution in [2.45, 2.75) is 25.9 Å². The van der Waals surface area contributed by atoms with Crippen LogP contribution in [-0.2, 0) is 4.79 Å². The summed E-state index contributed by atoms with van der Waals surface area (Å²) in [5.74, 6) is -1.48. The van der Waals surface area contributed by atoms with E-state index in [4.69, 9.17) is 30.2 Å². The second kappa shape index (κ2) is 8.30. The summed E-state index contributed by atoms with van der Waals surface area (Å²) in [6.07, 6.45) is 1.46. The van der Waals surface area contributed by atoms with Crippen molar-refractivity contribution < 1.29 is 33.3 Å². The number of methoxy groups -OCH3 is 2. The number of phenols is 1. The minimum atomic E-state index is -1.83. The van der Waals surface area contributed by atoms with Gasteiger partial charge in [0.25, 0.3) is 0 Å². The Balaban J connectivity index is 1.56. The van der Waals surface area contributed by atoms with Gasteiger partial charge in [-0.1, -0.05) is 18.5 Å². The van der Waals surface area contributed by atoms with Crippen LogP contribution in [0.15, 0.2) is 45.3 Å². The zero-order valence-corrected chi connectivity index (χ0v) is 20.6. The Morgan fingerprint density at radius 3 is 2.53 bits per heavy atom. The molecule has 5 rings (SSSR count). The number of hydrogen-bond donors (Lipinski definition) is 2. The van der Waals surface area contributed by atoms with Crippen molar-refractivity contribution in [3.05, 3.63) is 62.6 Å². The molecule has 9 nitrogen and oxygen atoms in total. The average molecular weight is 512 g/mol. The maximum Gasteiger partial charge on any atom is 0.336 e. The second-order valence-electron chi connectivity index (χ2n) is 8.81. The number of ether oxygens (including phenoxy) is 3. The molecule has 0 fully saturated rings. The van der Waals surface area contributed by atoms with Crippen molar-refractivity contribution in [3.8, 4) is 23.0 Å². The Hall–Kier alpha value is -3.98. The van der Waals surface area contributed by atoms with E-state index in [1.807, 2.05) is 0 Å². The quantitative estimate of drug-likeness (QED) is 0.298. The van der Waals surface area contributed by atoms with Crippen LogP contribution in [0.4, 0.5) is 5.69 Å². The minimum absolute atomic E-state index is 0.0341. The first-order valence-electron chi connectivity index (χ1n) is 11.1. The van der Waals surface area contributed by atoms with E-state index in [9.17, 15) is 19.5 Å². The number of hydrogen-bond acceptors (Lipinski definition) is 9. The molecule has 10 heteroatoms. The predicted molar refractivity (Wildman–Crippen MR) is 132 cm³/mol. The molecule has 2 aromatic carbocycles. The summed E-state index contributed by atoms with van der Waals surface area (Å²) < 4.78 is 22.0. The number of Topliss-reactive ketones (excluding diaryl/α,β-unsaturated/α-hetero) is 1. The molecule has 186 valence electrons. The Bertz CT molecular complexity index is 1560. The highest BCUT2D eigenvalue weighted by Gasteiger charge is 2.60. The topological polar surface area (TPSA) is 124 Å². The molecule has 2 atom stereocenters. The van der Waals surface area contributed by atoms with Crippen molar-refractivity contribution in [3.63, 3.8) is 0 Å². The molecule has 2 N–H and O–H groups in total. The fraction of sp³-hybridized carbons (Fsp3) is 0.269. The lowest BCUT2D eigenvalue weighted by Gasteiger charge is -2.35. The van der Waals surface area contributed by atoms with Gasteiger partial charge in [0, 0.05) is 35.2 Å². The number of nitrogens with one attached hydrogen (secondary N) is 1. The van der Waals surface area contributed by atoms with Gasteiger partial charge < -0.3 is 29.1 Å². The summed E-state index contributed by atoms with van der Waals surface area (Å²) in [5, 5.41) is 14.2. The predicted octanol–water partition coefficient (Wildman–Crippen LogP) is 4.40. The summed E-state index contributed by atoms with van der Waals surface area (Å²) in [4.78, 5) is 39.1. The minimum Gasteiger partial charge on any atom is -0.506 e. The molecule has 36 heavy (non-hydrogen) atoms. The molecule has 1 aromatic heterocycles. The van der Waals surface area contributed by atoms with Crippen LogP contribution in [0.3, 0.4) is 0 Å². The Labute approximate surface area is 210 Å². The largest absolute Gasteiger partial charge is 0.506 e. The van der Waals surface area contributed by atoms with Gasteiger partial charge in [-0.25, -0.2) is 4.79 Å². The van der Waals surface area contributed by atoms with Gasteiger partial charge in [-0.05, 0) is 31.0 Å². The lowest BCUT2D eigenvalue weighted by molar-refractivity contribution is -0.129. The van der Waals surface area contributed by atoms with Crippen LogP contribution < -0.4 is 25.2 Å². The first kappa shape index (κ1) is 23.7. The van der Waals surface area contributed by atoms with Crippen LogP contribution in [-0.4, -0.2) is 36.5 Å². The van der Waals surface area contributed by atoms with Gasteiger partial charge in [-0.2, -0.15) is 0 Å². The molecule has 0 unspecified atom stereocenters. The Morgan fingerprint density at radius 2 is 1.86 bits per heavy atom.